The van der Waals surface area contributed by atoms with Crippen LogP contribution in [0.15, 0.2) is 36.4 Å². The Bertz CT molecular complexity index is 1110. The minimum absolute atomic E-state index is 0.0430. The minimum Gasteiger partial charge on any atom is -0.506 e. The number of amides is 1. The van der Waals surface area contributed by atoms with E-state index in [9.17, 15) is 15.0 Å². The number of phenols is 1. The van der Waals surface area contributed by atoms with E-state index in [1.54, 1.807) is 12.1 Å². The molecule has 1 saturated carbocycles. The summed E-state index contributed by atoms with van der Waals surface area (Å²) in [4.78, 5) is 13.2. The Balaban J connectivity index is 1.26. The Labute approximate surface area is 206 Å². The second kappa shape index (κ2) is 12.1. The molecule has 9 heteroatoms. The molecule has 35 heavy (non-hydrogen) atoms. The predicted molar refractivity (Wildman–Crippen MR) is 136 cm³/mol. The van der Waals surface area contributed by atoms with Gasteiger partial charge in [-0.1, -0.05) is 36.6 Å². The minimum atomic E-state index is -0.779. The van der Waals surface area contributed by atoms with Crippen molar-refractivity contribution < 1.29 is 15.0 Å². The molecule has 9 nitrogen and oxygen atoms in total. The number of benzene rings is 2. The molecule has 1 fully saturated rings. The van der Waals surface area contributed by atoms with Crippen molar-refractivity contribution in [2.45, 2.75) is 63.8 Å². The van der Waals surface area contributed by atoms with Crippen molar-refractivity contribution in [2.24, 2.45) is 0 Å². The van der Waals surface area contributed by atoms with Crippen LogP contribution < -0.4 is 10.6 Å². The highest BCUT2D eigenvalue weighted by Crippen LogP contribution is 2.26. The number of aliphatic hydroxyl groups excluding tert-OH is 1. The molecular weight excluding hydrogens is 444 g/mol. The van der Waals surface area contributed by atoms with Gasteiger partial charge in [-0.25, -0.2) is 4.68 Å². The lowest BCUT2D eigenvalue weighted by Crippen LogP contribution is -2.34. The first-order valence-corrected chi connectivity index (χ1v) is 12.5. The number of rotatable bonds is 12. The van der Waals surface area contributed by atoms with Crippen LogP contribution in [0, 0.1) is 0 Å². The summed E-state index contributed by atoms with van der Waals surface area (Å²) >= 11 is 0. The molecule has 0 spiro atoms. The number of fused-ring (bicyclic) bond motifs is 1. The molecule has 1 aliphatic rings. The summed E-state index contributed by atoms with van der Waals surface area (Å²) in [5.74, 6) is -0.0430. The molecule has 4 N–H and O–H groups in total. The van der Waals surface area contributed by atoms with Crippen molar-refractivity contribution in [1.82, 2.24) is 25.2 Å². The van der Waals surface area contributed by atoms with Crippen molar-refractivity contribution in [3.63, 3.8) is 0 Å². The fraction of sp³-hybridized carbons (Fsp3) is 0.500. The SMILES string of the molecule is CN(CCCn1nnc2cc(CNC[C@H](O)c3ccc(O)c(NC=O)c3)ccc21)C1CCCCC1. The van der Waals surface area contributed by atoms with Gasteiger partial charge < -0.3 is 25.7 Å². The average Bonchev–Trinajstić information content (AvgIpc) is 3.28. The molecule has 3 aromatic rings. The Hall–Kier alpha value is -3.01. The number of hydrogen-bond acceptors (Lipinski definition) is 7. The van der Waals surface area contributed by atoms with E-state index in [-0.39, 0.29) is 11.4 Å². The van der Waals surface area contributed by atoms with Crippen molar-refractivity contribution in [3.05, 3.63) is 47.5 Å². The molecular formula is C26H36N6O3. The molecule has 2 aromatic carbocycles. The van der Waals surface area contributed by atoms with E-state index in [0.29, 0.717) is 25.1 Å². The molecule has 0 bridgehead atoms. The Kier molecular flexibility index (Phi) is 8.68. The largest absolute Gasteiger partial charge is 0.506 e. The number of nitrogens with one attached hydrogen (secondary N) is 2. The smallest absolute Gasteiger partial charge is 0.211 e. The number of phenolic OH excluding ortho intramolecular Hbond substituents is 1. The average molecular weight is 481 g/mol. The summed E-state index contributed by atoms with van der Waals surface area (Å²) in [5.41, 5.74) is 3.84. The van der Waals surface area contributed by atoms with Crippen LogP contribution in [0.2, 0.25) is 0 Å². The standard InChI is InChI=1S/C26H36N6O3/c1-31(21-6-3-2-4-7-21)12-5-13-32-24-10-8-19(14-22(24)29-30-32)16-27-17-26(35)20-9-11-25(34)23(15-20)28-18-33/h8-11,14-15,18,21,26-27,34-35H,2-7,12-13,16-17H2,1H3,(H,28,33)/t26-/m0/s1. The van der Waals surface area contributed by atoms with E-state index >= 15 is 0 Å². The Morgan fingerprint density at radius 1 is 1.20 bits per heavy atom. The van der Waals surface area contributed by atoms with Gasteiger partial charge in [0.2, 0.25) is 6.41 Å². The van der Waals surface area contributed by atoms with Gasteiger partial charge in [-0.15, -0.1) is 5.10 Å². The maximum atomic E-state index is 10.7. The van der Waals surface area contributed by atoms with Gasteiger partial charge in [0.1, 0.15) is 11.3 Å². The second-order valence-electron chi connectivity index (χ2n) is 9.45. The van der Waals surface area contributed by atoms with Gasteiger partial charge in [-0.2, -0.15) is 0 Å². The zero-order valence-electron chi connectivity index (χ0n) is 20.4. The normalized spacial score (nSPS) is 15.5. The van der Waals surface area contributed by atoms with E-state index in [4.69, 9.17) is 0 Å². The lowest BCUT2D eigenvalue weighted by molar-refractivity contribution is -0.105. The van der Waals surface area contributed by atoms with Gasteiger partial charge in [0.05, 0.1) is 17.3 Å². The molecule has 0 saturated heterocycles. The zero-order chi connectivity index (χ0) is 24.6. The van der Waals surface area contributed by atoms with Gasteiger partial charge in [-0.05, 0) is 68.2 Å². The quantitative estimate of drug-likeness (QED) is 0.232. The number of anilines is 1. The van der Waals surface area contributed by atoms with Gasteiger partial charge in [0.15, 0.2) is 0 Å². The number of aromatic hydroxyl groups is 1. The summed E-state index contributed by atoms with van der Waals surface area (Å²) in [6, 6.07) is 11.5. The summed E-state index contributed by atoms with van der Waals surface area (Å²) in [6.07, 6.45) is 7.50. The molecule has 1 amide bonds. The second-order valence-corrected chi connectivity index (χ2v) is 9.45. The van der Waals surface area contributed by atoms with Crippen molar-refractivity contribution in [1.29, 1.82) is 0 Å². The fourth-order valence-corrected chi connectivity index (χ4v) is 4.88. The van der Waals surface area contributed by atoms with Gasteiger partial charge >= 0.3 is 0 Å². The van der Waals surface area contributed by atoms with Crippen molar-refractivity contribution in [3.8, 4) is 5.75 Å². The lowest BCUT2D eigenvalue weighted by atomic mass is 9.94. The lowest BCUT2D eigenvalue weighted by Gasteiger charge is -2.31. The molecule has 0 radical (unpaired) electrons. The van der Waals surface area contributed by atoms with Crippen LogP contribution in [0.25, 0.3) is 11.0 Å². The first-order chi connectivity index (χ1) is 17.0. The molecule has 0 aliphatic heterocycles. The topological polar surface area (TPSA) is 116 Å². The van der Waals surface area contributed by atoms with Crippen LogP contribution in [0.1, 0.15) is 55.8 Å². The highest BCUT2D eigenvalue weighted by atomic mass is 16.3. The molecule has 1 aromatic heterocycles. The first-order valence-electron chi connectivity index (χ1n) is 12.5. The molecule has 4 rings (SSSR count). The number of aromatic nitrogens is 3. The number of nitrogens with zero attached hydrogens (tertiary/aromatic N) is 4. The number of aryl methyl sites for hydroxylation is 1. The monoisotopic (exact) mass is 480 g/mol. The van der Waals surface area contributed by atoms with Crippen LogP contribution in [0.4, 0.5) is 5.69 Å². The summed E-state index contributed by atoms with van der Waals surface area (Å²) in [5, 5.41) is 34.6. The summed E-state index contributed by atoms with van der Waals surface area (Å²) < 4.78 is 1.99. The highest BCUT2D eigenvalue weighted by Gasteiger charge is 2.17. The van der Waals surface area contributed by atoms with E-state index in [1.165, 1.54) is 38.2 Å². The number of aliphatic hydroxyl groups is 1. The van der Waals surface area contributed by atoms with Gasteiger partial charge in [0, 0.05) is 25.7 Å². The van der Waals surface area contributed by atoms with E-state index < -0.39 is 6.10 Å². The van der Waals surface area contributed by atoms with Crippen LogP contribution in [0.3, 0.4) is 0 Å². The zero-order valence-corrected chi connectivity index (χ0v) is 20.4. The maximum Gasteiger partial charge on any atom is 0.211 e. The van der Waals surface area contributed by atoms with Gasteiger partial charge in [0.25, 0.3) is 0 Å². The van der Waals surface area contributed by atoms with Crippen LogP contribution >= 0.6 is 0 Å². The third kappa shape index (κ3) is 6.56. The number of hydrogen-bond donors (Lipinski definition) is 4. The van der Waals surface area contributed by atoms with E-state index in [2.05, 4.69) is 45.0 Å². The number of carbonyl (C=O) groups excluding carboxylic acids is 1. The van der Waals surface area contributed by atoms with Crippen LogP contribution in [-0.4, -0.2) is 62.7 Å². The van der Waals surface area contributed by atoms with Crippen molar-refractivity contribution in [2.75, 3.05) is 25.5 Å². The van der Waals surface area contributed by atoms with Crippen LogP contribution in [0.5, 0.6) is 5.75 Å². The molecule has 0 unspecified atom stereocenters. The molecule has 188 valence electrons. The third-order valence-corrected chi connectivity index (χ3v) is 6.94. The fourth-order valence-electron chi connectivity index (χ4n) is 4.88. The first kappa shape index (κ1) is 25.1. The summed E-state index contributed by atoms with van der Waals surface area (Å²) in [7, 11) is 2.24. The predicted octanol–water partition coefficient (Wildman–Crippen LogP) is 3.18. The number of carbonyl (C=O) groups is 1. The maximum absolute atomic E-state index is 10.7. The molecule has 1 atom stereocenters. The van der Waals surface area contributed by atoms with E-state index in [1.807, 2.05) is 10.7 Å². The summed E-state index contributed by atoms with van der Waals surface area (Å²) in [6.45, 7) is 2.82. The van der Waals surface area contributed by atoms with E-state index in [0.717, 1.165) is 42.1 Å². The molecule has 1 heterocycles. The Morgan fingerprint density at radius 3 is 2.83 bits per heavy atom. The molecule has 1 aliphatic carbocycles. The third-order valence-electron chi connectivity index (χ3n) is 6.94. The van der Waals surface area contributed by atoms with Gasteiger partial charge in [-0.3, -0.25) is 4.79 Å². The van der Waals surface area contributed by atoms with Crippen LogP contribution in [-0.2, 0) is 17.9 Å². The highest BCUT2D eigenvalue weighted by molar-refractivity contribution is 5.76. The Morgan fingerprint density at radius 2 is 2.03 bits per heavy atom. The van der Waals surface area contributed by atoms with Crippen molar-refractivity contribution >= 4 is 23.1 Å².